The fraction of sp³-hybridized carbons (Fsp3) is 0.667. The van der Waals surface area contributed by atoms with Crippen molar-refractivity contribution >= 4 is 5.91 Å². The van der Waals surface area contributed by atoms with Crippen LogP contribution in [0.2, 0.25) is 0 Å². The minimum Gasteiger partial charge on any atom is -0.356 e. The van der Waals surface area contributed by atoms with Gasteiger partial charge in [0.15, 0.2) is 0 Å². The molecule has 1 saturated carbocycles. The maximum Gasteiger partial charge on any atom is 0.227 e. The number of nitrogens with one attached hydrogen (secondary N) is 1. The molecule has 1 amide bonds. The van der Waals surface area contributed by atoms with Crippen molar-refractivity contribution in [2.45, 2.75) is 19.8 Å². The molecule has 0 heterocycles. The molecule has 1 rings (SSSR count). The summed E-state index contributed by atoms with van der Waals surface area (Å²) >= 11 is 0. The lowest BCUT2D eigenvalue weighted by molar-refractivity contribution is -0.118. The van der Waals surface area contributed by atoms with E-state index in [1.807, 2.05) is 6.92 Å². The van der Waals surface area contributed by atoms with E-state index < -0.39 is 0 Å². The lowest BCUT2D eigenvalue weighted by Gasteiger charge is -1.95. The fourth-order valence-corrected chi connectivity index (χ4v) is 0.575. The van der Waals surface area contributed by atoms with Gasteiger partial charge in [0.05, 0.1) is 5.92 Å². The van der Waals surface area contributed by atoms with Gasteiger partial charge in [-0.3, -0.25) is 4.79 Å². The van der Waals surface area contributed by atoms with Crippen LogP contribution in [0.1, 0.15) is 19.8 Å². The molecular weight excluding hydrogens is 102 g/mol. The molecule has 1 aliphatic carbocycles. The van der Waals surface area contributed by atoms with E-state index in [4.69, 9.17) is 0 Å². The third-order valence-electron chi connectivity index (χ3n) is 1.16. The first kappa shape index (κ1) is 5.60. The number of rotatable bonds is 2. The first-order valence-electron chi connectivity index (χ1n) is 2.97. The van der Waals surface area contributed by atoms with Gasteiger partial charge in [0.2, 0.25) is 5.91 Å². The average Bonchev–Trinajstić information content (AvgIpc) is 2.45. The molecule has 0 bridgehead atoms. The van der Waals surface area contributed by atoms with Gasteiger partial charge in [-0.1, -0.05) is 0 Å². The zero-order chi connectivity index (χ0) is 5.98. The summed E-state index contributed by atoms with van der Waals surface area (Å²) in [6, 6.07) is 0. The number of hydrogen-bond acceptors (Lipinski definition) is 1. The van der Waals surface area contributed by atoms with E-state index in [1.165, 1.54) is 0 Å². The third kappa shape index (κ3) is 1.22. The highest BCUT2D eigenvalue weighted by Gasteiger charge is 2.29. The molecule has 0 unspecified atom stereocenters. The Labute approximate surface area is 49.3 Å². The van der Waals surface area contributed by atoms with E-state index in [0.29, 0.717) is 0 Å². The molecule has 0 saturated heterocycles. The maximum absolute atomic E-state index is 10.7. The Morgan fingerprint density at radius 3 is 2.75 bits per heavy atom. The molecule has 1 fully saturated rings. The molecule has 1 aliphatic rings. The molecule has 2 nitrogen and oxygen atoms in total. The van der Waals surface area contributed by atoms with Gasteiger partial charge in [0.1, 0.15) is 0 Å². The Balaban J connectivity index is 2.13. The van der Waals surface area contributed by atoms with Crippen LogP contribution in [0.25, 0.3) is 0 Å². The summed E-state index contributed by atoms with van der Waals surface area (Å²) in [5.41, 5.74) is 0. The molecule has 45 valence electrons. The van der Waals surface area contributed by atoms with Gasteiger partial charge >= 0.3 is 0 Å². The van der Waals surface area contributed by atoms with Crippen LogP contribution in [0.3, 0.4) is 0 Å². The summed E-state index contributed by atoms with van der Waals surface area (Å²) in [5, 5.41) is 2.73. The van der Waals surface area contributed by atoms with Crippen molar-refractivity contribution in [3.63, 3.8) is 0 Å². The topological polar surface area (TPSA) is 29.1 Å². The number of carbonyl (C=O) groups is 1. The second-order valence-corrected chi connectivity index (χ2v) is 1.96. The van der Waals surface area contributed by atoms with Gasteiger partial charge in [-0.05, 0) is 19.8 Å². The number of hydrogen-bond donors (Lipinski definition) is 1. The Kier molecular flexibility index (Phi) is 1.51. The second kappa shape index (κ2) is 2.16. The Morgan fingerprint density at radius 2 is 2.38 bits per heavy atom. The van der Waals surface area contributed by atoms with Crippen molar-refractivity contribution in [3.05, 3.63) is 5.92 Å². The van der Waals surface area contributed by atoms with Gasteiger partial charge < -0.3 is 5.32 Å². The Hall–Kier alpha value is -0.530. The van der Waals surface area contributed by atoms with Crippen LogP contribution in [0.5, 0.6) is 0 Å². The predicted octanol–water partition coefficient (Wildman–Crippen LogP) is 0.491. The maximum atomic E-state index is 10.7. The van der Waals surface area contributed by atoms with Gasteiger partial charge in [-0.2, -0.15) is 0 Å². The molecule has 0 aromatic heterocycles. The monoisotopic (exact) mass is 112 g/mol. The second-order valence-electron chi connectivity index (χ2n) is 1.96. The SMILES string of the molecule is CCNC(=O)[C]1CC1. The third-order valence-corrected chi connectivity index (χ3v) is 1.16. The van der Waals surface area contributed by atoms with Crippen LogP contribution < -0.4 is 5.32 Å². The molecule has 1 radical (unpaired) electrons. The minimum absolute atomic E-state index is 0.160. The average molecular weight is 112 g/mol. The van der Waals surface area contributed by atoms with Crippen molar-refractivity contribution in [2.75, 3.05) is 6.54 Å². The predicted molar refractivity (Wildman–Crippen MR) is 31.2 cm³/mol. The number of amides is 1. The van der Waals surface area contributed by atoms with E-state index in [0.717, 1.165) is 25.3 Å². The quantitative estimate of drug-likeness (QED) is 0.553. The van der Waals surface area contributed by atoms with Crippen molar-refractivity contribution in [2.24, 2.45) is 0 Å². The molecule has 0 aromatic rings. The lowest BCUT2D eigenvalue weighted by Crippen LogP contribution is -2.22. The molecule has 2 heteroatoms. The van der Waals surface area contributed by atoms with E-state index in [-0.39, 0.29) is 5.91 Å². The van der Waals surface area contributed by atoms with Gasteiger partial charge in [0.25, 0.3) is 0 Å². The van der Waals surface area contributed by atoms with Crippen LogP contribution >= 0.6 is 0 Å². The van der Waals surface area contributed by atoms with Crippen LogP contribution in [0, 0.1) is 5.92 Å². The van der Waals surface area contributed by atoms with Crippen molar-refractivity contribution in [1.29, 1.82) is 0 Å². The van der Waals surface area contributed by atoms with E-state index in [9.17, 15) is 4.79 Å². The highest BCUT2D eigenvalue weighted by atomic mass is 16.2. The summed E-state index contributed by atoms with van der Waals surface area (Å²) in [7, 11) is 0. The summed E-state index contributed by atoms with van der Waals surface area (Å²) < 4.78 is 0. The number of carbonyl (C=O) groups excluding carboxylic acids is 1. The van der Waals surface area contributed by atoms with E-state index in [2.05, 4.69) is 5.32 Å². The molecule has 0 aromatic carbocycles. The zero-order valence-corrected chi connectivity index (χ0v) is 5.03. The normalized spacial score (nSPS) is 18.1. The van der Waals surface area contributed by atoms with Gasteiger partial charge in [0, 0.05) is 6.54 Å². The smallest absolute Gasteiger partial charge is 0.227 e. The lowest BCUT2D eigenvalue weighted by atomic mass is 10.4. The van der Waals surface area contributed by atoms with Crippen LogP contribution in [0.4, 0.5) is 0 Å². The van der Waals surface area contributed by atoms with Crippen molar-refractivity contribution < 1.29 is 4.79 Å². The van der Waals surface area contributed by atoms with Crippen molar-refractivity contribution in [3.8, 4) is 0 Å². The first-order chi connectivity index (χ1) is 3.84. The van der Waals surface area contributed by atoms with E-state index >= 15 is 0 Å². The summed E-state index contributed by atoms with van der Waals surface area (Å²) in [5.74, 6) is 1.22. The molecule has 1 N–H and O–H groups in total. The Morgan fingerprint density at radius 1 is 1.75 bits per heavy atom. The fourth-order valence-electron chi connectivity index (χ4n) is 0.575. The minimum atomic E-state index is 0.160. The highest BCUT2D eigenvalue weighted by molar-refractivity contribution is 5.93. The molecule has 0 aliphatic heterocycles. The molecule has 0 atom stereocenters. The summed E-state index contributed by atoms with van der Waals surface area (Å²) in [6.07, 6.45) is 2.04. The standard InChI is InChI=1S/C6H10NO/c1-2-7-6(8)5-3-4-5/h2-4H2,1H3,(H,7,8). The highest BCUT2D eigenvalue weighted by Crippen LogP contribution is 2.31. The zero-order valence-electron chi connectivity index (χ0n) is 5.03. The summed E-state index contributed by atoms with van der Waals surface area (Å²) in [4.78, 5) is 10.7. The molecular formula is C6H10NO. The summed E-state index contributed by atoms with van der Waals surface area (Å²) in [6.45, 7) is 2.68. The van der Waals surface area contributed by atoms with Crippen molar-refractivity contribution in [1.82, 2.24) is 5.32 Å². The van der Waals surface area contributed by atoms with Gasteiger partial charge in [-0.25, -0.2) is 0 Å². The van der Waals surface area contributed by atoms with E-state index in [1.54, 1.807) is 0 Å². The molecule has 8 heavy (non-hydrogen) atoms. The van der Waals surface area contributed by atoms with Gasteiger partial charge in [-0.15, -0.1) is 0 Å². The van der Waals surface area contributed by atoms with Crippen LogP contribution in [-0.2, 0) is 4.79 Å². The molecule has 0 spiro atoms. The van der Waals surface area contributed by atoms with Crippen LogP contribution in [-0.4, -0.2) is 12.5 Å². The largest absolute Gasteiger partial charge is 0.356 e. The van der Waals surface area contributed by atoms with Crippen LogP contribution in [0.15, 0.2) is 0 Å². The first-order valence-corrected chi connectivity index (χ1v) is 2.97. The Bertz CT molecular complexity index is 96.7.